The number of tetrazole rings is 1. The molecule has 0 aliphatic carbocycles. The number of nitro groups is 1. The minimum Gasteiger partial charge on any atom is -1.00 e. The van der Waals surface area contributed by atoms with Crippen LogP contribution in [-0.4, -0.2) is 20.2 Å². The number of hydrogen-bond acceptors (Lipinski definition) is 4. The quantitative estimate of drug-likeness (QED) is 0.304. The van der Waals surface area contributed by atoms with Gasteiger partial charge in [0.2, 0.25) is 0 Å². The Morgan fingerprint density at radius 3 is 2.60 bits per heavy atom. The zero-order valence-electron chi connectivity index (χ0n) is 7.39. The average Bonchev–Trinajstić information content (AvgIpc) is 2.67. The summed E-state index contributed by atoms with van der Waals surface area (Å²) in [6.07, 6.45) is 1.28. The number of aromatic nitrogens is 4. The summed E-state index contributed by atoms with van der Waals surface area (Å²) in [5, 5.41) is 16.6. The van der Waals surface area contributed by atoms with E-state index in [-0.39, 0.29) is 12.4 Å². The Morgan fingerprint density at radius 2 is 2.00 bits per heavy atom. The van der Waals surface area contributed by atoms with Gasteiger partial charge in [0.25, 0.3) is 11.2 Å². The lowest BCUT2D eigenvalue weighted by Gasteiger charge is -1.90. The van der Waals surface area contributed by atoms with Gasteiger partial charge in [0, 0.05) is 0 Å². The Bertz CT molecular complexity index is 457. The van der Waals surface area contributed by atoms with E-state index in [1.54, 1.807) is 24.3 Å². The van der Waals surface area contributed by atoms with Crippen LogP contribution < -0.4 is 17.1 Å². The van der Waals surface area contributed by atoms with Gasteiger partial charge < -0.3 is 12.4 Å². The SMILES string of the molecule is O=[N+]([O-])n1nnc[n+]1-c1ccccc1.[Cl-]. The lowest BCUT2D eigenvalue weighted by molar-refractivity contribution is -0.838. The van der Waals surface area contributed by atoms with Gasteiger partial charge in [0.15, 0.2) is 10.7 Å². The molecule has 2 aromatic rings. The van der Waals surface area contributed by atoms with Gasteiger partial charge in [-0.05, 0) is 16.8 Å². The maximum atomic E-state index is 10.5. The second kappa shape index (κ2) is 4.47. The van der Waals surface area contributed by atoms with Gasteiger partial charge in [-0.25, -0.2) is 0 Å². The van der Waals surface area contributed by atoms with Crippen molar-refractivity contribution in [3.05, 3.63) is 46.8 Å². The highest BCUT2D eigenvalue weighted by Crippen LogP contribution is 1.95. The van der Waals surface area contributed by atoms with Crippen LogP contribution in [0.2, 0.25) is 0 Å². The van der Waals surface area contributed by atoms with Crippen molar-refractivity contribution < 1.29 is 22.1 Å². The molecule has 0 unspecified atom stereocenters. The maximum Gasteiger partial charge on any atom is 0.305 e. The molecule has 0 spiro atoms. The molecule has 1 aromatic heterocycles. The van der Waals surface area contributed by atoms with Crippen molar-refractivity contribution in [2.24, 2.45) is 0 Å². The van der Waals surface area contributed by atoms with Crippen LogP contribution in [0.25, 0.3) is 5.69 Å². The Morgan fingerprint density at radius 1 is 1.33 bits per heavy atom. The fraction of sp³-hybridized carbons (Fsp3) is 0. The van der Waals surface area contributed by atoms with E-state index in [0.717, 1.165) is 0 Å². The molecular weight excluding hydrogens is 222 g/mol. The van der Waals surface area contributed by atoms with Crippen molar-refractivity contribution in [1.82, 2.24) is 15.2 Å². The van der Waals surface area contributed by atoms with Crippen molar-refractivity contribution in [2.75, 3.05) is 0 Å². The van der Waals surface area contributed by atoms with E-state index in [0.29, 0.717) is 10.6 Å². The van der Waals surface area contributed by atoms with Crippen molar-refractivity contribution in [3.8, 4) is 5.69 Å². The predicted molar refractivity (Wildman–Crippen MR) is 43.9 cm³/mol. The van der Waals surface area contributed by atoms with Crippen LogP contribution in [0.1, 0.15) is 0 Å². The minimum absolute atomic E-state index is 0. The summed E-state index contributed by atoms with van der Waals surface area (Å²) in [5.41, 5.74) is 0.634. The van der Waals surface area contributed by atoms with Crippen LogP contribution in [0.15, 0.2) is 36.7 Å². The highest BCUT2D eigenvalue weighted by molar-refractivity contribution is 5.20. The van der Waals surface area contributed by atoms with Crippen LogP contribution >= 0.6 is 0 Å². The molecule has 0 aliphatic heterocycles. The van der Waals surface area contributed by atoms with E-state index in [1.807, 2.05) is 6.07 Å². The minimum atomic E-state index is -0.653. The fourth-order valence-electron chi connectivity index (χ4n) is 1.07. The Kier molecular flexibility index (Phi) is 3.29. The summed E-state index contributed by atoms with van der Waals surface area (Å²) in [5.74, 6) is 0. The predicted octanol–water partition coefficient (Wildman–Crippen LogP) is -3.40. The summed E-state index contributed by atoms with van der Waals surface area (Å²) in [4.78, 5) is 11.1. The molecule has 1 aromatic carbocycles. The molecule has 15 heavy (non-hydrogen) atoms. The lowest BCUT2D eigenvalue weighted by Crippen LogP contribution is -3.00. The molecular formula is C7H6ClN5O2. The van der Waals surface area contributed by atoms with Crippen LogP contribution in [-0.2, 0) is 0 Å². The average molecular weight is 228 g/mol. The van der Waals surface area contributed by atoms with E-state index >= 15 is 0 Å². The molecule has 0 atom stereocenters. The molecule has 0 saturated heterocycles. The molecule has 0 bridgehead atoms. The third-order valence-electron chi connectivity index (χ3n) is 1.65. The number of halogens is 1. The van der Waals surface area contributed by atoms with Gasteiger partial charge in [0.05, 0.1) is 5.10 Å². The first-order valence-electron chi connectivity index (χ1n) is 3.82. The van der Waals surface area contributed by atoms with Gasteiger partial charge in [-0.2, -0.15) is 0 Å². The van der Waals surface area contributed by atoms with Crippen LogP contribution in [0, 0.1) is 10.1 Å². The molecule has 0 fully saturated rings. The van der Waals surface area contributed by atoms with Gasteiger partial charge in [-0.3, -0.25) is 10.1 Å². The van der Waals surface area contributed by atoms with E-state index in [1.165, 1.54) is 11.0 Å². The van der Waals surface area contributed by atoms with E-state index in [9.17, 15) is 10.1 Å². The molecule has 0 aliphatic rings. The summed E-state index contributed by atoms with van der Waals surface area (Å²) in [6, 6.07) is 8.83. The molecule has 0 radical (unpaired) electrons. The molecule has 0 N–H and O–H groups in total. The van der Waals surface area contributed by atoms with Crippen LogP contribution in [0.5, 0.6) is 0 Å². The zero-order valence-corrected chi connectivity index (χ0v) is 8.15. The van der Waals surface area contributed by atoms with Crippen LogP contribution in [0.3, 0.4) is 0 Å². The molecule has 0 saturated carbocycles. The lowest BCUT2D eigenvalue weighted by atomic mass is 10.3. The molecule has 7 nitrogen and oxygen atoms in total. The number of hydrogen-bond donors (Lipinski definition) is 0. The molecule has 8 heteroatoms. The third kappa shape index (κ3) is 2.08. The van der Waals surface area contributed by atoms with Gasteiger partial charge in [-0.15, -0.1) is 0 Å². The second-order valence-electron chi connectivity index (χ2n) is 2.51. The number of nitrogens with zero attached hydrogens (tertiary/aromatic N) is 5. The summed E-state index contributed by atoms with van der Waals surface area (Å²) < 4.78 is 1.24. The standard InChI is InChI=1S/C7H6N5O2.ClH/c13-12(14)11-9-8-6-10(11)7-4-2-1-3-5-7;/h1-6H;1H/q+1;/p-1. The van der Waals surface area contributed by atoms with Crippen molar-refractivity contribution in [2.45, 2.75) is 0 Å². The van der Waals surface area contributed by atoms with Gasteiger partial charge >= 0.3 is 5.21 Å². The third-order valence-corrected chi connectivity index (χ3v) is 1.65. The Labute approximate surface area is 90.5 Å². The van der Waals surface area contributed by atoms with E-state index in [4.69, 9.17) is 0 Å². The van der Waals surface area contributed by atoms with E-state index < -0.39 is 5.03 Å². The summed E-state index contributed by atoms with van der Waals surface area (Å²) in [7, 11) is 0. The first kappa shape index (κ1) is 11.1. The molecule has 2 rings (SSSR count). The highest BCUT2D eigenvalue weighted by Gasteiger charge is 2.22. The highest BCUT2D eigenvalue weighted by atomic mass is 35.5. The van der Waals surface area contributed by atoms with Crippen molar-refractivity contribution >= 4 is 0 Å². The Hall–Kier alpha value is -2.02. The topological polar surface area (TPSA) is 77.7 Å². The molecule has 0 amide bonds. The first-order valence-corrected chi connectivity index (χ1v) is 3.82. The zero-order chi connectivity index (χ0) is 9.97. The van der Waals surface area contributed by atoms with Crippen LogP contribution in [0.4, 0.5) is 0 Å². The molecule has 78 valence electrons. The number of para-hydroxylation sites is 1. The first-order chi connectivity index (χ1) is 6.79. The molecule has 1 heterocycles. The van der Waals surface area contributed by atoms with Crippen molar-refractivity contribution in [3.63, 3.8) is 0 Å². The van der Waals surface area contributed by atoms with Gasteiger partial charge in [0.1, 0.15) is 0 Å². The smallest absolute Gasteiger partial charge is 0.305 e. The van der Waals surface area contributed by atoms with E-state index in [2.05, 4.69) is 10.3 Å². The second-order valence-corrected chi connectivity index (χ2v) is 2.51. The normalized spacial score (nSPS) is 9.33. The Balaban J connectivity index is 0.00000112. The van der Waals surface area contributed by atoms with Crippen molar-refractivity contribution in [1.29, 1.82) is 0 Å². The summed E-state index contributed by atoms with van der Waals surface area (Å²) in [6.45, 7) is 0. The monoisotopic (exact) mass is 227 g/mol. The number of benzene rings is 1. The largest absolute Gasteiger partial charge is 1.00 e. The summed E-state index contributed by atoms with van der Waals surface area (Å²) >= 11 is 0. The number of rotatable bonds is 2. The fourth-order valence-corrected chi connectivity index (χ4v) is 1.07. The van der Waals surface area contributed by atoms with Gasteiger partial charge in [-0.1, -0.05) is 18.2 Å². The maximum absolute atomic E-state index is 10.5.